The number of aromatic nitrogens is 1. The third-order valence-electron chi connectivity index (χ3n) is 5.60. The first kappa shape index (κ1) is 16.3. The van der Waals surface area contributed by atoms with Crippen LogP contribution in [0.1, 0.15) is 27.7 Å². The van der Waals surface area contributed by atoms with Gasteiger partial charge in [-0.25, -0.2) is 4.39 Å². The summed E-state index contributed by atoms with van der Waals surface area (Å²) in [5, 5.41) is 0. The van der Waals surface area contributed by atoms with Crippen molar-refractivity contribution < 1.29 is 13.6 Å². The van der Waals surface area contributed by atoms with Gasteiger partial charge in [-0.1, -0.05) is 12.1 Å². The van der Waals surface area contributed by atoms with Crippen molar-refractivity contribution in [2.24, 2.45) is 0 Å². The standard InChI is InChI=1S/C21H20FN3O2/c22-17-5-3-15(4-6-17)11-25-20-13-23(10-16-7-9-27-14-16)12-19(20)24-8-1-2-18(24)21(25)26/h1-9,14,19-20H,10-13H2/t19-,20+/m0/s1. The number of halogens is 1. The van der Waals surface area contributed by atoms with Crippen LogP contribution in [-0.2, 0) is 13.1 Å². The zero-order chi connectivity index (χ0) is 18.4. The molecule has 27 heavy (non-hydrogen) atoms. The highest BCUT2D eigenvalue weighted by molar-refractivity contribution is 5.94. The lowest BCUT2D eigenvalue weighted by molar-refractivity contribution is 0.0556. The average molecular weight is 365 g/mol. The molecule has 1 saturated heterocycles. The maximum absolute atomic E-state index is 13.2. The van der Waals surface area contributed by atoms with E-state index < -0.39 is 0 Å². The van der Waals surface area contributed by atoms with Gasteiger partial charge >= 0.3 is 0 Å². The predicted molar refractivity (Wildman–Crippen MR) is 97.5 cm³/mol. The maximum Gasteiger partial charge on any atom is 0.271 e. The van der Waals surface area contributed by atoms with Crippen molar-refractivity contribution in [1.29, 1.82) is 0 Å². The van der Waals surface area contributed by atoms with E-state index in [0.29, 0.717) is 6.54 Å². The topological polar surface area (TPSA) is 41.6 Å². The summed E-state index contributed by atoms with van der Waals surface area (Å²) in [6.07, 6.45) is 5.46. The monoisotopic (exact) mass is 365 g/mol. The first-order valence-electron chi connectivity index (χ1n) is 9.15. The molecule has 138 valence electrons. The molecule has 0 aliphatic carbocycles. The molecule has 0 saturated carbocycles. The number of nitrogens with zero attached hydrogens (tertiary/aromatic N) is 3. The summed E-state index contributed by atoms with van der Waals surface area (Å²) in [4.78, 5) is 17.4. The normalized spacial score (nSPS) is 22.1. The van der Waals surface area contributed by atoms with Crippen LogP contribution >= 0.6 is 0 Å². The minimum Gasteiger partial charge on any atom is -0.472 e. The first-order chi connectivity index (χ1) is 13.2. The molecule has 3 aromatic rings. The van der Waals surface area contributed by atoms with Crippen molar-refractivity contribution in [1.82, 2.24) is 14.4 Å². The summed E-state index contributed by atoms with van der Waals surface area (Å²) < 4.78 is 20.5. The van der Waals surface area contributed by atoms with Gasteiger partial charge < -0.3 is 13.9 Å². The van der Waals surface area contributed by atoms with Gasteiger partial charge in [0.2, 0.25) is 0 Å². The van der Waals surface area contributed by atoms with Crippen LogP contribution in [0.25, 0.3) is 0 Å². The highest BCUT2D eigenvalue weighted by atomic mass is 19.1. The molecule has 5 rings (SSSR count). The molecule has 2 aliphatic rings. The van der Waals surface area contributed by atoms with Crippen molar-refractivity contribution in [3.63, 3.8) is 0 Å². The predicted octanol–water partition coefficient (Wildman–Crippen LogP) is 3.30. The zero-order valence-corrected chi connectivity index (χ0v) is 14.8. The second-order valence-corrected chi connectivity index (χ2v) is 7.32. The molecule has 1 amide bonds. The van der Waals surface area contributed by atoms with Gasteiger partial charge in [0.25, 0.3) is 5.91 Å². The summed E-state index contributed by atoms with van der Waals surface area (Å²) in [6, 6.07) is 12.5. The molecule has 1 aromatic carbocycles. The molecule has 5 nitrogen and oxygen atoms in total. The molecular weight excluding hydrogens is 345 g/mol. The van der Waals surface area contributed by atoms with Crippen LogP contribution in [-0.4, -0.2) is 39.4 Å². The first-order valence-corrected chi connectivity index (χ1v) is 9.15. The lowest BCUT2D eigenvalue weighted by Crippen LogP contribution is -2.49. The Morgan fingerprint density at radius 3 is 2.59 bits per heavy atom. The van der Waals surface area contributed by atoms with Crippen LogP contribution in [0.4, 0.5) is 4.39 Å². The Kier molecular flexibility index (Phi) is 3.86. The number of rotatable bonds is 4. The maximum atomic E-state index is 13.2. The van der Waals surface area contributed by atoms with Gasteiger partial charge in [0.05, 0.1) is 24.6 Å². The summed E-state index contributed by atoms with van der Waals surface area (Å²) in [5.41, 5.74) is 2.80. The van der Waals surface area contributed by atoms with Crippen molar-refractivity contribution >= 4 is 5.91 Å². The van der Waals surface area contributed by atoms with E-state index >= 15 is 0 Å². The smallest absolute Gasteiger partial charge is 0.271 e. The molecule has 0 unspecified atom stereocenters. The molecule has 0 spiro atoms. The van der Waals surface area contributed by atoms with Crippen molar-refractivity contribution in [2.75, 3.05) is 13.1 Å². The largest absolute Gasteiger partial charge is 0.472 e. The van der Waals surface area contributed by atoms with Gasteiger partial charge in [-0.2, -0.15) is 0 Å². The third-order valence-corrected chi connectivity index (χ3v) is 5.60. The highest BCUT2D eigenvalue weighted by Gasteiger charge is 2.44. The Balaban J connectivity index is 1.44. The van der Waals surface area contributed by atoms with E-state index in [1.807, 2.05) is 29.3 Å². The summed E-state index contributed by atoms with van der Waals surface area (Å²) in [7, 11) is 0. The number of hydrogen-bond acceptors (Lipinski definition) is 3. The van der Waals surface area contributed by atoms with Crippen molar-refractivity contribution in [3.05, 3.63) is 83.8 Å². The van der Waals surface area contributed by atoms with E-state index in [4.69, 9.17) is 4.42 Å². The van der Waals surface area contributed by atoms with Crippen LogP contribution in [0, 0.1) is 5.82 Å². The van der Waals surface area contributed by atoms with E-state index in [2.05, 4.69) is 9.47 Å². The van der Waals surface area contributed by atoms with Gasteiger partial charge in [0.1, 0.15) is 11.5 Å². The Labute approximate surface area is 156 Å². The quantitative estimate of drug-likeness (QED) is 0.712. The Morgan fingerprint density at radius 2 is 1.81 bits per heavy atom. The van der Waals surface area contributed by atoms with Crippen LogP contribution in [0.5, 0.6) is 0 Å². The minimum atomic E-state index is -0.261. The lowest BCUT2D eigenvalue weighted by Gasteiger charge is -2.38. The second kappa shape index (κ2) is 6.39. The minimum absolute atomic E-state index is 0.0377. The Hall–Kier alpha value is -2.86. The Bertz CT molecular complexity index is 948. The number of amides is 1. The van der Waals surface area contributed by atoms with Crippen LogP contribution in [0.15, 0.2) is 65.6 Å². The second-order valence-electron chi connectivity index (χ2n) is 7.32. The number of fused-ring (bicyclic) bond motifs is 3. The Morgan fingerprint density at radius 1 is 1.00 bits per heavy atom. The van der Waals surface area contributed by atoms with Crippen molar-refractivity contribution in [2.45, 2.75) is 25.2 Å². The molecule has 2 aromatic heterocycles. The van der Waals surface area contributed by atoms with E-state index in [1.54, 1.807) is 24.7 Å². The van der Waals surface area contributed by atoms with E-state index in [9.17, 15) is 9.18 Å². The van der Waals surface area contributed by atoms with Crippen LogP contribution < -0.4 is 0 Å². The molecular formula is C21H20FN3O2. The third kappa shape index (κ3) is 2.86. The average Bonchev–Trinajstić information content (AvgIpc) is 3.40. The molecule has 0 bridgehead atoms. The molecule has 0 N–H and O–H groups in total. The molecule has 4 heterocycles. The number of likely N-dealkylation sites (tertiary alicyclic amines) is 1. The van der Waals surface area contributed by atoms with Gasteiger partial charge in [0.15, 0.2) is 0 Å². The molecule has 1 fully saturated rings. The fourth-order valence-electron chi connectivity index (χ4n) is 4.33. The van der Waals surface area contributed by atoms with E-state index in [1.165, 1.54) is 12.1 Å². The fourth-order valence-corrected chi connectivity index (χ4v) is 4.33. The summed E-state index contributed by atoms with van der Waals surface area (Å²) in [6.45, 7) is 2.98. The van der Waals surface area contributed by atoms with Gasteiger partial charge in [0, 0.05) is 37.9 Å². The SMILES string of the molecule is O=C1c2cccn2[C@H]2CN(Cc3ccoc3)C[C@H]2N1Cc1ccc(F)cc1. The molecule has 6 heteroatoms. The molecule has 0 radical (unpaired) electrons. The van der Waals surface area contributed by atoms with Gasteiger partial charge in [-0.05, 0) is 35.9 Å². The summed E-state index contributed by atoms with van der Waals surface area (Å²) in [5.74, 6) is -0.224. The number of hydrogen-bond donors (Lipinski definition) is 0. The van der Waals surface area contributed by atoms with E-state index in [0.717, 1.165) is 36.5 Å². The van der Waals surface area contributed by atoms with Gasteiger partial charge in [-0.15, -0.1) is 0 Å². The zero-order valence-electron chi connectivity index (χ0n) is 14.8. The van der Waals surface area contributed by atoms with Crippen LogP contribution in [0.3, 0.4) is 0 Å². The number of benzene rings is 1. The van der Waals surface area contributed by atoms with Gasteiger partial charge in [-0.3, -0.25) is 9.69 Å². The number of furan rings is 1. The van der Waals surface area contributed by atoms with E-state index in [-0.39, 0.29) is 23.8 Å². The van der Waals surface area contributed by atoms with Crippen molar-refractivity contribution in [3.8, 4) is 0 Å². The molecule has 2 atom stereocenters. The number of carbonyl (C=O) groups excluding carboxylic acids is 1. The fraction of sp³-hybridized carbons (Fsp3) is 0.286. The molecule has 2 aliphatic heterocycles. The van der Waals surface area contributed by atoms with Crippen LogP contribution in [0.2, 0.25) is 0 Å². The number of carbonyl (C=O) groups is 1. The highest BCUT2D eigenvalue weighted by Crippen LogP contribution is 2.35. The lowest BCUT2D eigenvalue weighted by atomic mass is 10.0. The summed E-state index contributed by atoms with van der Waals surface area (Å²) >= 11 is 0.